The third kappa shape index (κ3) is 19.9. The van der Waals surface area contributed by atoms with Crippen molar-refractivity contribution in [1.29, 1.82) is 0 Å². The summed E-state index contributed by atoms with van der Waals surface area (Å²) >= 11 is 0. The van der Waals surface area contributed by atoms with Crippen molar-refractivity contribution in [3.8, 4) is 0 Å². The predicted octanol–water partition coefficient (Wildman–Crippen LogP) is 2.80. The van der Waals surface area contributed by atoms with Gasteiger partial charge in [-0.2, -0.15) is 0 Å². The molecule has 0 saturated heterocycles. The number of nitrogens with one attached hydrogen (secondary N) is 5. The number of ether oxygens (including phenoxy) is 2. The minimum atomic E-state index is -1.13. The van der Waals surface area contributed by atoms with Gasteiger partial charge in [-0.15, -0.1) is 0 Å². The van der Waals surface area contributed by atoms with Gasteiger partial charge in [0.1, 0.15) is 30.3 Å². The molecule has 0 heterocycles. The fourth-order valence-electron chi connectivity index (χ4n) is 4.12. The molecule has 0 saturated carbocycles. The Morgan fingerprint density at radius 2 is 1.48 bits per heavy atom. The molecule has 0 aliphatic carbocycles. The molecule has 0 aromatic heterocycles. The Morgan fingerprint density at radius 1 is 0.820 bits per heavy atom. The van der Waals surface area contributed by atoms with Crippen LogP contribution in [0.2, 0.25) is 0 Å². The molecular formula is C34H54N5O10P. The zero-order valence-corrected chi connectivity index (χ0v) is 31.3. The molecule has 5 amide bonds. The van der Waals surface area contributed by atoms with Crippen LogP contribution in [0.5, 0.6) is 0 Å². The number of hydrogen-bond donors (Lipinski definition) is 5. The van der Waals surface area contributed by atoms with Gasteiger partial charge in [-0.25, -0.2) is 4.79 Å². The Morgan fingerprint density at radius 3 is 2.08 bits per heavy atom. The first kappa shape index (κ1) is 44.1. The molecule has 3 unspecified atom stereocenters. The van der Waals surface area contributed by atoms with E-state index in [1.54, 1.807) is 38.1 Å². The van der Waals surface area contributed by atoms with Crippen molar-refractivity contribution >= 4 is 55.1 Å². The summed E-state index contributed by atoms with van der Waals surface area (Å²) in [6.45, 7) is 14.4. The molecular weight excluding hydrogens is 669 g/mol. The minimum Gasteiger partial charge on any atom is -0.445 e. The van der Waals surface area contributed by atoms with Crippen molar-refractivity contribution in [1.82, 2.24) is 21.3 Å². The van der Waals surface area contributed by atoms with Crippen molar-refractivity contribution in [3.63, 3.8) is 0 Å². The van der Waals surface area contributed by atoms with Gasteiger partial charge >= 0.3 is 6.09 Å². The number of amides is 5. The number of carbonyl (C=O) groups excluding carboxylic acids is 7. The highest BCUT2D eigenvalue weighted by Gasteiger charge is 2.28. The van der Waals surface area contributed by atoms with E-state index in [1.807, 2.05) is 20.5 Å². The summed E-state index contributed by atoms with van der Waals surface area (Å²) in [5.74, 6) is -2.00. The Kier molecular flexibility index (Phi) is 20.0. The van der Waals surface area contributed by atoms with Gasteiger partial charge in [0.2, 0.25) is 23.6 Å². The van der Waals surface area contributed by atoms with E-state index in [2.05, 4.69) is 26.6 Å². The lowest BCUT2D eigenvalue weighted by molar-refractivity contribution is -0.131. The standard InChI is InChI=1S/C34H54N5O10P/c1-22(2)30(39-29(43)21-50(8)49-17-15-34(6,7)48-18-16-35-28(42)14-9-23(3)40)32(45)37-25(5)31(44)38-27-12-10-26(11-13-27)20-47-33(46)36-19-24(4)41/h10-13,22,25,30H,9,14-21H2,1-8H3,(H,35,42)(H,36,46)(H,37,45)(H,38,44)(H,39,43). The first-order valence-corrected chi connectivity index (χ1v) is 18.4. The number of carbonyl (C=O) groups is 7. The van der Waals surface area contributed by atoms with Crippen LogP contribution >= 0.6 is 8.15 Å². The van der Waals surface area contributed by atoms with E-state index in [1.165, 1.54) is 20.8 Å². The smallest absolute Gasteiger partial charge is 0.407 e. The average molecular weight is 724 g/mol. The molecule has 0 bridgehead atoms. The highest BCUT2D eigenvalue weighted by Crippen LogP contribution is 2.32. The van der Waals surface area contributed by atoms with Gasteiger partial charge in [-0.05, 0) is 71.3 Å². The van der Waals surface area contributed by atoms with Gasteiger partial charge in [0, 0.05) is 33.2 Å². The van der Waals surface area contributed by atoms with Gasteiger partial charge in [-0.3, -0.25) is 24.0 Å². The highest BCUT2D eigenvalue weighted by molar-refractivity contribution is 7.52. The minimum absolute atomic E-state index is 0.0269. The summed E-state index contributed by atoms with van der Waals surface area (Å²) in [5, 5.41) is 13.2. The molecule has 0 fully saturated rings. The Balaban J connectivity index is 2.46. The number of rotatable bonds is 23. The lowest BCUT2D eigenvalue weighted by Gasteiger charge is -2.26. The lowest BCUT2D eigenvalue weighted by Crippen LogP contribution is -2.54. The van der Waals surface area contributed by atoms with Crippen molar-refractivity contribution in [2.45, 2.75) is 92.0 Å². The van der Waals surface area contributed by atoms with E-state index in [0.29, 0.717) is 37.4 Å². The first-order chi connectivity index (χ1) is 23.4. The topological polar surface area (TPSA) is 207 Å². The van der Waals surface area contributed by atoms with Crippen LogP contribution in [0.4, 0.5) is 10.5 Å². The monoisotopic (exact) mass is 723 g/mol. The molecule has 280 valence electrons. The molecule has 0 aliphatic heterocycles. The molecule has 1 aromatic carbocycles. The second-order valence-corrected chi connectivity index (χ2v) is 14.7. The van der Waals surface area contributed by atoms with Gasteiger partial charge in [0.15, 0.2) is 0 Å². The molecule has 0 aliphatic rings. The Bertz CT molecular complexity index is 1310. The predicted molar refractivity (Wildman–Crippen MR) is 190 cm³/mol. The van der Waals surface area contributed by atoms with Gasteiger partial charge in [0.05, 0.1) is 31.5 Å². The normalized spacial score (nSPS) is 13.0. The second kappa shape index (κ2) is 22.7. The third-order valence-electron chi connectivity index (χ3n) is 7.09. The van der Waals surface area contributed by atoms with Crippen LogP contribution in [0, 0.1) is 5.92 Å². The molecule has 0 spiro atoms. The summed E-state index contributed by atoms with van der Waals surface area (Å²) in [6, 6.07) is 4.79. The molecule has 1 aromatic rings. The van der Waals surface area contributed by atoms with Crippen LogP contribution in [0.3, 0.4) is 0 Å². The molecule has 16 heteroatoms. The third-order valence-corrected chi connectivity index (χ3v) is 8.45. The fourth-order valence-corrected chi connectivity index (χ4v) is 5.11. The summed E-state index contributed by atoms with van der Waals surface area (Å²) in [7, 11) is -1.13. The Labute approximate surface area is 295 Å². The van der Waals surface area contributed by atoms with Crippen LogP contribution in [0.15, 0.2) is 24.3 Å². The van der Waals surface area contributed by atoms with Crippen LogP contribution in [-0.4, -0.2) is 98.1 Å². The maximum atomic E-state index is 13.1. The maximum Gasteiger partial charge on any atom is 0.407 e. The molecule has 1 rings (SSSR count). The lowest BCUT2D eigenvalue weighted by atomic mass is 10.0. The second-order valence-electron chi connectivity index (χ2n) is 12.9. The van der Waals surface area contributed by atoms with E-state index in [0.717, 1.165) is 0 Å². The summed E-state index contributed by atoms with van der Waals surface area (Å²) in [4.78, 5) is 83.9. The number of alkyl carbamates (subject to hydrolysis) is 1. The van der Waals surface area contributed by atoms with Crippen molar-refractivity contribution in [2.75, 3.05) is 44.4 Å². The summed E-state index contributed by atoms with van der Waals surface area (Å²) in [5.41, 5.74) is 0.601. The van der Waals surface area contributed by atoms with Crippen molar-refractivity contribution in [2.24, 2.45) is 5.92 Å². The Hall–Kier alpha value is -3.94. The average Bonchev–Trinajstić information content (AvgIpc) is 3.02. The first-order valence-electron chi connectivity index (χ1n) is 16.5. The van der Waals surface area contributed by atoms with E-state index in [4.69, 9.17) is 14.0 Å². The number of benzene rings is 1. The molecule has 0 radical (unpaired) electrons. The number of Topliss-reactive ketones (excluding diaryl/α,β-unsaturated/α-hetero) is 2. The number of ketones is 2. The summed E-state index contributed by atoms with van der Waals surface area (Å²) in [6.07, 6.45) is 0.287. The zero-order valence-electron chi connectivity index (χ0n) is 30.4. The molecule has 3 atom stereocenters. The van der Waals surface area contributed by atoms with E-state index in [-0.39, 0.29) is 61.5 Å². The van der Waals surface area contributed by atoms with Crippen LogP contribution in [0.1, 0.15) is 73.3 Å². The SMILES string of the molecule is CC(=O)CCC(=O)NCCOC(C)(C)CCOP(C)CC(=O)NC(C(=O)NC(C)C(=O)Nc1ccc(COC(=O)NCC(C)=O)cc1)C(C)C. The van der Waals surface area contributed by atoms with Crippen LogP contribution < -0.4 is 26.6 Å². The maximum absolute atomic E-state index is 13.1. The molecule has 15 nitrogen and oxygen atoms in total. The summed E-state index contributed by atoms with van der Waals surface area (Å²) < 4.78 is 16.8. The molecule has 5 N–H and O–H groups in total. The fraction of sp³-hybridized carbons (Fsp3) is 0.618. The van der Waals surface area contributed by atoms with Crippen LogP contribution in [-0.2, 0) is 49.4 Å². The largest absolute Gasteiger partial charge is 0.445 e. The highest BCUT2D eigenvalue weighted by atomic mass is 31.1. The number of anilines is 1. The van der Waals surface area contributed by atoms with E-state index < -0.39 is 43.7 Å². The van der Waals surface area contributed by atoms with E-state index in [9.17, 15) is 33.6 Å². The van der Waals surface area contributed by atoms with Crippen molar-refractivity contribution < 1.29 is 47.6 Å². The van der Waals surface area contributed by atoms with Crippen LogP contribution in [0.25, 0.3) is 0 Å². The van der Waals surface area contributed by atoms with Gasteiger partial charge < -0.3 is 45.4 Å². The molecule has 50 heavy (non-hydrogen) atoms. The van der Waals surface area contributed by atoms with Gasteiger partial charge in [0.25, 0.3) is 0 Å². The number of hydrogen-bond acceptors (Lipinski definition) is 10. The zero-order chi connectivity index (χ0) is 37.9. The van der Waals surface area contributed by atoms with Crippen molar-refractivity contribution in [3.05, 3.63) is 29.8 Å². The quantitative estimate of drug-likeness (QED) is 0.0824. The van der Waals surface area contributed by atoms with E-state index >= 15 is 0 Å². The van der Waals surface area contributed by atoms with Gasteiger partial charge in [-0.1, -0.05) is 26.0 Å².